The van der Waals surface area contributed by atoms with Gasteiger partial charge in [-0.1, -0.05) is 18.2 Å². The van der Waals surface area contributed by atoms with Gasteiger partial charge in [0.25, 0.3) is 0 Å². The molecule has 1 aliphatic rings. The van der Waals surface area contributed by atoms with Crippen molar-refractivity contribution in [1.29, 1.82) is 0 Å². The molecule has 0 spiro atoms. The molecule has 1 amide bonds. The summed E-state index contributed by atoms with van der Waals surface area (Å²) in [4.78, 5) is 21.1. The zero-order valence-corrected chi connectivity index (χ0v) is 17.7. The maximum Gasteiger partial charge on any atom is 0.248 e. The van der Waals surface area contributed by atoms with E-state index >= 15 is 0 Å². The van der Waals surface area contributed by atoms with E-state index < -0.39 is 0 Å². The van der Waals surface area contributed by atoms with Gasteiger partial charge in [-0.2, -0.15) is 0 Å². The first-order valence-electron chi connectivity index (χ1n) is 10.2. The number of amides is 1. The van der Waals surface area contributed by atoms with E-state index in [2.05, 4.69) is 9.88 Å². The topological polar surface area (TPSA) is 54.9 Å². The molecule has 1 aliphatic heterocycles. The van der Waals surface area contributed by atoms with Gasteiger partial charge in [-0.05, 0) is 35.7 Å². The van der Waals surface area contributed by atoms with Gasteiger partial charge < -0.3 is 14.4 Å². The highest BCUT2D eigenvalue weighted by Crippen LogP contribution is 2.34. The summed E-state index contributed by atoms with van der Waals surface area (Å²) in [7, 11) is 3.14. The fourth-order valence-electron chi connectivity index (χ4n) is 4.13. The Morgan fingerprint density at radius 3 is 2.77 bits per heavy atom. The number of hydrogen-bond acceptors (Lipinski definition) is 5. The number of carbonyl (C=O) groups excluding carboxylic acids is 1. The van der Waals surface area contributed by atoms with E-state index in [-0.39, 0.29) is 30.2 Å². The molecule has 0 bridgehead atoms. The predicted molar refractivity (Wildman–Crippen MR) is 112 cm³/mol. The second kappa shape index (κ2) is 11.2. The summed E-state index contributed by atoms with van der Waals surface area (Å²) < 4.78 is 24.2. The summed E-state index contributed by atoms with van der Waals surface area (Å²) >= 11 is 0. The number of hydrogen-bond donors (Lipinski definition) is 0. The Kier molecular flexibility index (Phi) is 8.30. The second-order valence-electron chi connectivity index (χ2n) is 7.70. The molecule has 6 nitrogen and oxygen atoms in total. The van der Waals surface area contributed by atoms with Crippen molar-refractivity contribution >= 4 is 5.91 Å². The van der Waals surface area contributed by atoms with Gasteiger partial charge in [-0.15, -0.1) is 0 Å². The number of ether oxygens (including phenoxy) is 2. The van der Waals surface area contributed by atoms with Crippen LogP contribution < -0.4 is 0 Å². The normalized spacial score (nSPS) is 19.2. The van der Waals surface area contributed by atoms with Crippen molar-refractivity contribution < 1.29 is 18.7 Å². The minimum atomic E-state index is -0.235. The van der Waals surface area contributed by atoms with Crippen LogP contribution in [-0.2, 0) is 20.8 Å². The number of nitrogens with zero attached hydrogens (tertiary/aromatic N) is 3. The molecule has 1 saturated heterocycles. The van der Waals surface area contributed by atoms with E-state index in [4.69, 9.17) is 9.47 Å². The molecule has 2 heterocycles. The number of aromatic nitrogens is 1. The lowest BCUT2D eigenvalue weighted by atomic mass is 9.88. The van der Waals surface area contributed by atoms with Gasteiger partial charge in [0.05, 0.1) is 12.3 Å². The molecule has 0 saturated carbocycles. The molecule has 30 heavy (non-hydrogen) atoms. The van der Waals surface area contributed by atoms with Crippen molar-refractivity contribution in [3.8, 4) is 0 Å². The highest BCUT2D eigenvalue weighted by molar-refractivity contribution is 5.77. The van der Waals surface area contributed by atoms with Crippen LogP contribution in [0.5, 0.6) is 0 Å². The van der Waals surface area contributed by atoms with Crippen molar-refractivity contribution in [2.75, 3.05) is 53.6 Å². The lowest BCUT2D eigenvalue weighted by molar-refractivity contribution is -0.136. The van der Waals surface area contributed by atoms with Gasteiger partial charge in [-0.3, -0.25) is 14.7 Å². The standard InChI is InChI=1S/C23H30FN3O3/c1-29-11-10-27(23(28)17-30-2)14-19-13-26(15-21-8-3-4-9-25-21)16-22(19)18-6-5-7-20(24)12-18/h3-9,12,19,22H,10-11,13-17H2,1-2H3/t19-,22+/m1/s1. The smallest absolute Gasteiger partial charge is 0.248 e. The van der Waals surface area contributed by atoms with Gasteiger partial charge >= 0.3 is 0 Å². The predicted octanol–water partition coefficient (Wildman–Crippen LogP) is 2.56. The van der Waals surface area contributed by atoms with E-state index in [1.54, 1.807) is 30.3 Å². The highest BCUT2D eigenvalue weighted by Gasteiger charge is 2.36. The van der Waals surface area contributed by atoms with E-state index in [0.717, 1.165) is 30.9 Å². The molecule has 1 aromatic carbocycles. The maximum absolute atomic E-state index is 13.9. The molecule has 0 aliphatic carbocycles. The van der Waals surface area contributed by atoms with Crippen LogP contribution in [0.25, 0.3) is 0 Å². The SMILES string of the molecule is COCCN(C[C@H]1CN(Cc2ccccn2)C[C@H]1c1cccc(F)c1)C(=O)COC. The molecule has 0 unspecified atom stereocenters. The second-order valence-corrected chi connectivity index (χ2v) is 7.70. The zero-order valence-electron chi connectivity index (χ0n) is 17.7. The maximum atomic E-state index is 13.9. The molecule has 1 fully saturated rings. The van der Waals surface area contributed by atoms with Gasteiger partial charge in [-0.25, -0.2) is 4.39 Å². The fraction of sp³-hybridized carbons (Fsp3) is 0.478. The number of carbonyl (C=O) groups is 1. The summed E-state index contributed by atoms with van der Waals surface area (Å²) in [5, 5.41) is 0. The molecule has 7 heteroatoms. The van der Waals surface area contributed by atoms with E-state index in [1.807, 2.05) is 24.3 Å². The Hall–Kier alpha value is -2.35. The first-order chi connectivity index (χ1) is 14.6. The highest BCUT2D eigenvalue weighted by atomic mass is 19.1. The van der Waals surface area contributed by atoms with Gasteiger partial charge in [0.15, 0.2) is 0 Å². The van der Waals surface area contributed by atoms with Gasteiger partial charge in [0.2, 0.25) is 5.91 Å². The van der Waals surface area contributed by atoms with E-state index in [1.165, 1.54) is 13.2 Å². The molecule has 162 valence electrons. The third-order valence-corrected chi connectivity index (χ3v) is 5.55. The van der Waals surface area contributed by atoms with Crippen molar-refractivity contribution in [3.63, 3.8) is 0 Å². The van der Waals surface area contributed by atoms with E-state index in [0.29, 0.717) is 19.7 Å². The number of halogens is 1. The molecule has 3 rings (SSSR count). The number of rotatable bonds is 10. The Morgan fingerprint density at radius 1 is 1.20 bits per heavy atom. The minimum Gasteiger partial charge on any atom is -0.383 e. The molecule has 2 atom stereocenters. The number of pyridine rings is 1. The first-order valence-corrected chi connectivity index (χ1v) is 10.2. The Bertz CT molecular complexity index is 805. The monoisotopic (exact) mass is 415 g/mol. The average molecular weight is 416 g/mol. The Morgan fingerprint density at radius 2 is 2.07 bits per heavy atom. The molecule has 2 aromatic rings. The van der Waals surface area contributed by atoms with Crippen LogP contribution in [-0.4, -0.2) is 74.3 Å². The summed E-state index contributed by atoms with van der Waals surface area (Å²) in [6, 6.07) is 12.7. The molecular formula is C23H30FN3O3. The third kappa shape index (κ3) is 6.08. The van der Waals surface area contributed by atoms with Crippen LogP contribution in [0.2, 0.25) is 0 Å². The van der Waals surface area contributed by atoms with Crippen LogP contribution in [0.3, 0.4) is 0 Å². The summed E-state index contributed by atoms with van der Waals surface area (Å²) in [6.45, 7) is 3.91. The Balaban J connectivity index is 1.78. The summed E-state index contributed by atoms with van der Waals surface area (Å²) in [5.41, 5.74) is 1.97. The third-order valence-electron chi connectivity index (χ3n) is 5.55. The Labute approximate surface area is 177 Å². The van der Waals surface area contributed by atoms with Gasteiger partial charge in [0.1, 0.15) is 12.4 Å². The van der Waals surface area contributed by atoms with Crippen molar-refractivity contribution in [2.24, 2.45) is 5.92 Å². The average Bonchev–Trinajstić information content (AvgIpc) is 3.14. The van der Waals surface area contributed by atoms with Crippen LogP contribution in [0.4, 0.5) is 4.39 Å². The zero-order chi connectivity index (χ0) is 21.3. The molecular weight excluding hydrogens is 385 g/mol. The first kappa shape index (κ1) is 22.3. The van der Waals surface area contributed by atoms with Crippen LogP contribution >= 0.6 is 0 Å². The summed E-state index contributed by atoms with van der Waals surface area (Å²) in [5.74, 6) is 0.00909. The molecule has 0 N–H and O–H groups in total. The lowest BCUT2D eigenvalue weighted by Gasteiger charge is -2.28. The van der Waals surface area contributed by atoms with Crippen LogP contribution in [0, 0.1) is 11.7 Å². The van der Waals surface area contributed by atoms with Crippen molar-refractivity contribution in [3.05, 3.63) is 65.7 Å². The van der Waals surface area contributed by atoms with Crippen molar-refractivity contribution in [2.45, 2.75) is 12.5 Å². The van der Waals surface area contributed by atoms with Crippen LogP contribution in [0.15, 0.2) is 48.7 Å². The molecule has 1 aromatic heterocycles. The lowest BCUT2D eigenvalue weighted by Crippen LogP contribution is -2.41. The quantitative estimate of drug-likeness (QED) is 0.597. The number of benzene rings is 1. The summed E-state index contributed by atoms with van der Waals surface area (Å²) in [6.07, 6.45) is 1.79. The largest absolute Gasteiger partial charge is 0.383 e. The molecule has 0 radical (unpaired) electrons. The van der Waals surface area contributed by atoms with Crippen molar-refractivity contribution in [1.82, 2.24) is 14.8 Å². The van der Waals surface area contributed by atoms with E-state index in [9.17, 15) is 9.18 Å². The fourth-order valence-corrected chi connectivity index (χ4v) is 4.13. The minimum absolute atomic E-state index is 0.0404. The number of likely N-dealkylation sites (tertiary alicyclic amines) is 1. The number of methoxy groups -OCH3 is 2. The van der Waals surface area contributed by atoms with Gasteiger partial charge in [0, 0.05) is 59.1 Å². The van der Waals surface area contributed by atoms with Crippen LogP contribution in [0.1, 0.15) is 17.2 Å².